The first kappa shape index (κ1) is 14.0. The molecule has 0 saturated heterocycles. The van der Waals surface area contributed by atoms with Gasteiger partial charge in [-0.3, -0.25) is 0 Å². The van der Waals surface area contributed by atoms with Gasteiger partial charge < -0.3 is 5.32 Å². The lowest BCUT2D eigenvalue weighted by Gasteiger charge is -2.37. The van der Waals surface area contributed by atoms with Crippen molar-refractivity contribution in [3.63, 3.8) is 0 Å². The van der Waals surface area contributed by atoms with Crippen molar-refractivity contribution in [1.29, 1.82) is 0 Å². The van der Waals surface area contributed by atoms with Crippen LogP contribution < -0.4 is 5.32 Å². The molecule has 0 radical (unpaired) electrons. The maximum absolute atomic E-state index is 4.51. The summed E-state index contributed by atoms with van der Waals surface area (Å²) >= 11 is 1.77. The van der Waals surface area contributed by atoms with Gasteiger partial charge in [0.1, 0.15) is 5.01 Å². The molecule has 18 heavy (non-hydrogen) atoms. The van der Waals surface area contributed by atoms with Crippen LogP contribution in [0.1, 0.15) is 57.2 Å². The van der Waals surface area contributed by atoms with Crippen LogP contribution in [0.4, 0.5) is 0 Å². The average Bonchev–Trinajstić information content (AvgIpc) is 2.72. The van der Waals surface area contributed by atoms with E-state index in [1.165, 1.54) is 30.7 Å². The van der Waals surface area contributed by atoms with Crippen LogP contribution in [-0.2, 0) is 6.54 Å². The second-order valence-electron chi connectivity index (χ2n) is 6.68. The van der Waals surface area contributed by atoms with Gasteiger partial charge in [0.15, 0.2) is 0 Å². The Labute approximate surface area is 115 Å². The van der Waals surface area contributed by atoms with Crippen molar-refractivity contribution < 1.29 is 0 Å². The zero-order valence-electron chi connectivity index (χ0n) is 12.1. The molecule has 1 heterocycles. The smallest absolute Gasteiger partial charge is 0.107 e. The van der Waals surface area contributed by atoms with Gasteiger partial charge in [-0.15, -0.1) is 11.3 Å². The number of rotatable bonds is 3. The van der Waals surface area contributed by atoms with Crippen LogP contribution in [0, 0.1) is 18.3 Å². The van der Waals surface area contributed by atoms with Crippen molar-refractivity contribution in [2.24, 2.45) is 11.3 Å². The van der Waals surface area contributed by atoms with E-state index in [1.54, 1.807) is 11.3 Å². The largest absolute Gasteiger partial charge is 0.308 e. The summed E-state index contributed by atoms with van der Waals surface area (Å²) in [6.07, 6.45) is 5.40. The van der Waals surface area contributed by atoms with Crippen LogP contribution in [0.2, 0.25) is 0 Å². The van der Waals surface area contributed by atoms with Gasteiger partial charge in [-0.2, -0.15) is 0 Å². The van der Waals surface area contributed by atoms with Gasteiger partial charge in [0.25, 0.3) is 0 Å². The Morgan fingerprint density at radius 3 is 2.44 bits per heavy atom. The van der Waals surface area contributed by atoms with Gasteiger partial charge >= 0.3 is 0 Å². The first-order valence-electron chi connectivity index (χ1n) is 7.09. The van der Waals surface area contributed by atoms with Crippen LogP contribution in [0.25, 0.3) is 0 Å². The molecule has 0 atom stereocenters. The van der Waals surface area contributed by atoms with Crippen LogP contribution in [0.3, 0.4) is 0 Å². The Morgan fingerprint density at radius 2 is 1.94 bits per heavy atom. The van der Waals surface area contributed by atoms with E-state index in [1.807, 2.05) is 0 Å². The van der Waals surface area contributed by atoms with Gasteiger partial charge in [-0.25, -0.2) is 4.98 Å². The number of hydrogen-bond acceptors (Lipinski definition) is 3. The molecule has 0 bridgehead atoms. The van der Waals surface area contributed by atoms with Crippen LogP contribution in [0.15, 0.2) is 5.38 Å². The SMILES string of the molecule is Cc1csc(CNC2CCC(C(C)(C)C)CC2)n1. The summed E-state index contributed by atoms with van der Waals surface area (Å²) in [6, 6.07) is 0.702. The van der Waals surface area contributed by atoms with Gasteiger partial charge in [-0.1, -0.05) is 20.8 Å². The van der Waals surface area contributed by atoms with Crippen molar-refractivity contribution in [3.8, 4) is 0 Å². The minimum absolute atomic E-state index is 0.484. The number of nitrogens with zero attached hydrogens (tertiary/aromatic N) is 1. The highest BCUT2D eigenvalue weighted by atomic mass is 32.1. The first-order chi connectivity index (χ1) is 8.45. The zero-order valence-corrected chi connectivity index (χ0v) is 12.9. The molecule has 2 nitrogen and oxygen atoms in total. The van der Waals surface area contributed by atoms with Crippen LogP contribution in [0.5, 0.6) is 0 Å². The average molecular weight is 266 g/mol. The molecule has 2 rings (SSSR count). The molecular weight excluding hydrogens is 240 g/mol. The molecule has 3 heteroatoms. The molecule has 1 N–H and O–H groups in total. The summed E-state index contributed by atoms with van der Waals surface area (Å²) in [5.74, 6) is 0.901. The molecule has 1 aromatic heterocycles. The number of aromatic nitrogens is 1. The fourth-order valence-corrected chi connectivity index (χ4v) is 3.60. The van der Waals surface area contributed by atoms with E-state index in [0.717, 1.165) is 18.2 Å². The fourth-order valence-electron chi connectivity index (χ4n) is 2.88. The Balaban J connectivity index is 1.74. The Kier molecular flexibility index (Phi) is 4.44. The minimum Gasteiger partial charge on any atom is -0.308 e. The van der Waals surface area contributed by atoms with Crippen molar-refractivity contribution in [1.82, 2.24) is 10.3 Å². The quantitative estimate of drug-likeness (QED) is 0.889. The summed E-state index contributed by atoms with van der Waals surface area (Å²) in [6.45, 7) is 10.1. The molecule has 0 aromatic carbocycles. The fraction of sp³-hybridized carbons (Fsp3) is 0.800. The molecule has 1 saturated carbocycles. The standard InChI is InChI=1S/C15H26N2S/c1-11-10-18-14(17-11)9-16-13-7-5-12(6-8-13)15(2,3)4/h10,12-13,16H,5-9H2,1-4H3. The highest BCUT2D eigenvalue weighted by Gasteiger charge is 2.29. The highest BCUT2D eigenvalue weighted by molar-refractivity contribution is 7.09. The van der Waals surface area contributed by atoms with Gasteiger partial charge in [0.2, 0.25) is 0 Å². The Bertz CT molecular complexity index is 370. The number of thiazole rings is 1. The molecule has 102 valence electrons. The third-order valence-electron chi connectivity index (χ3n) is 4.16. The van der Waals surface area contributed by atoms with E-state index >= 15 is 0 Å². The minimum atomic E-state index is 0.484. The van der Waals surface area contributed by atoms with Crippen molar-refractivity contribution in [3.05, 3.63) is 16.1 Å². The van der Waals surface area contributed by atoms with E-state index in [4.69, 9.17) is 0 Å². The second kappa shape index (κ2) is 5.70. The van der Waals surface area contributed by atoms with Gasteiger partial charge in [0.05, 0.1) is 0 Å². The summed E-state index contributed by atoms with van der Waals surface area (Å²) in [5, 5.41) is 7.03. The third-order valence-corrected chi connectivity index (χ3v) is 5.13. The molecule has 1 aromatic rings. The third kappa shape index (κ3) is 3.79. The number of nitrogens with one attached hydrogen (secondary N) is 1. The summed E-state index contributed by atoms with van der Waals surface area (Å²) < 4.78 is 0. The molecule has 0 aliphatic heterocycles. The van der Waals surface area contributed by atoms with Crippen LogP contribution in [-0.4, -0.2) is 11.0 Å². The predicted molar refractivity (Wildman–Crippen MR) is 78.9 cm³/mol. The van der Waals surface area contributed by atoms with E-state index in [2.05, 4.69) is 43.4 Å². The van der Waals surface area contributed by atoms with E-state index in [0.29, 0.717) is 11.5 Å². The monoisotopic (exact) mass is 266 g/mol. The molecule has 0 spiro atoms. The zero-order chi connectivity index (χ0) is 13.2. The molecule has 0 amide bonds. The lowest BCUT2D eigenvalue weighted by molar-refractivity contribution is 0.160. The van der Waals surface area contributed by atoms with Gasteiger partial charge in [0, 0.05) is 23.7 Å². The first-order valence-corrected chi connectivity index (χ1v) is 7.97. The molecular formula is C15H26N2S. The highest BCUT2D eigenvalue weighted by Crippen LogP contribution is 2.37. The Hall–Kier alpha value is -0.410. The molecule has 1 aliphatic rings. The summed E-state index contributed by atoms with van der Waals surface area (Å²) in [4.78, 5) is 4.51. The summed E-state index contributed by atoms with van der Waals surface area (Å²) in [7, 11) is 0. The van der Waals surface area contributed by atoms with E-state index in [-0.39, 0.29) is 0 Å². The number of aryl methyl sites for hydroxylation is 1. The molecule has 1 aliphatic carbocycles. The molecule has 1 fully saturated rings. The lowest BCUT2D eigenvalue weighted by Crippen LogP contribution is -2.35. The Morgan fingerprint density at radius 1 is 1.28 bits per heavy atom. The second-order valence-corrected chi connectivity index (χ2v) is 7.62. The predicted octanol–water partition coefficient (Wildman–Crippen LogP) is 4.15. The van der Waals surface area contributed by atoms with E-state index < -0.39 is 0 Å². The number of hydrogen-bond donors (Lipinski definition) is 1. The van der Waals surface area contributed by atoms with E-state index in [9.17, 15) is 0 Å². The normalized spacial score (nSPS) is 25.3. The van der Waals surface area contributed by atoms with Crippen molar-refractivity contribution in [2.45, 2.75) is 66.0 Å². The van der Waals surface area contributed by atoms with Gasteiger partial charge in [-0.05, 0) is 43.9 Å². The lowest BCUT2D eigenvalue weighted by atomic mass is 9.71. The topological polar surface area (TPSA) is 24.9 Å². The maximum Gasteiger partial charge on any atom is 0.107 e. The van der Waals surface area contributed by atoms with Crippen molar-refractivity contribution >= 4 is 11.3 Å². The van der Waals surface area contributed by atoms with Crippen LogP contribution >= 0.6 is 11.3 Å². The summed E-state index contributed by atoms with van der Waals surface area (Å²) in [5.41, 5.74) is 1.63. The maximum atomic E-state index is 4.51. The van der Waals surface area contributed by atoms with Crippen molar-refractivity contribution in [2.75, 3.05) is 0 Å². The molecule has 0 unspecified atom stereocenters.